The second-order valence-electron chi connectivity index (χ2n) is 6.34. The van der Waals surface area contributed by atoms with Gasteiger partial charge in [0, 0.05) is 24.7 Å². The summed E-state index contributed by atoms with van der Waals surface area (Å²) in [5.41, 5.74) is 0.871. The zero-order valence-corrected chi connectivity index (χ0v) is 14.2. The quantitative estimate of drug-likeness (QED) is 0.764. The van der Waals surface area contributed by atoms with Gasteiger partial charge in [-0.05, 0) is 42.7 Å². The number of hydrogen-bond donors (Lipinski definition) is 0. The monoisotopic (exact) mass is 343 g/mol. The van der Waals surface area contributed by atoms with Gasteiger partial charge in [-0.2, -0.15) is 4.31 Å². The van der Waals surface area contributed by atoms with Gasteiger partial charge in [0.2, 0.25) is 10.0 Å². The first-order valence-electron chi connectivity index (χ1n) is 7.83. The fraction of sp³-hybridized carbons (Fsp3) is 0.625. The molecular formula is C16H22ClNO3S. The van der Waals surface area contributed by atoms with Crippen LogP contribution in [0.2, 0.25) is 5.02 Å². The Morgan fingerprint density at radius 1 is 1.18 bits per heavy atom. The normalized spacial score (nSPS) is 22.4. The van der Waals surface area contributed by atoms with E-state index in [-0.39, 0.29) is 11.7 Å². The first kappa shape index (κ1) is 16.2. The van der Waals surface area contributed by atoms with E-state index in [9.17, 15) is 8.42 Å². The first-order valence-corrected chi connectivity index (χ1v) is 9.82. The third-order valence-corrected chi connectivity index (χ3v) is 6.65. The molecule has 2 aliphatic rings. The summed E-state index contributed by atoms with van der Waals surface area (Å²) in [5.74, 6) is 0.819. The van der Waals surface area contributed by atoms with Crippen LogP contribution in [-0.4, -0.2) is 38.2 Å². The minimum Gasteiger partial charge on any atom is -0.381 e. The van der Waals surface area contributed by atoms with Crippen molar-refractivity contribution in [3.05, 3.63) is 34.9 Å². The van der Waals surface area contributed by atoms with Gasteiger partial charge in [0.25, 0.3) is 0 Å². The standard InChI is InChI=1S/C16H22ClNO3S/c17-16-4-2-1-3-15(16)10-18(9-13-5-6-13)22(19,20)12-14-7-8-21-11-14/h1-4,13-14H,5-12H2. The fourth-order valence-corrected chi connectivity index (χ4v) is 4.84. The predicted molar refractivity (Wildman–Crippen MR) is 87.3 cm³/mol. The number of hydrogen-bond acceptors (Lipinski definition) is 3. The minimum absolute atomic E-state index is 0.123. The molecule has 1 aliphatic heterocycles. The van der Waals surface area contributed by atoms with Gasteiger partial charge in [0.15, 0.2) is 0 Å². The van der Waals surface area contributed by atoms with E-state index in [1.54, 1.807) is 4.31 Å². The van der Waals surface area contributed by atoms with Gasteiger partial charge in [0.1, 0.15) is 0 Å². The number of rotatable bonds is 7. The molecule has 1 aliphatic carbocycles. The molecule has 1 unspecified atom stereocenters. The molecule has 1 saturated heterocycles. The lowest BCUT2D eigenvalue weighted by molar-refractivity contribution is 0.188. The third kappa shape index (κ3) is 4.22. The number of ether oxygens (including phenoxy) is 1. The van der Waals surface area contributed by atoms with Gasteiger partial charge in [-0.3, -0.25) is 0 Å². The lowest BCUT2D eigenvalue weighted by Gasteiger charge is -2.24. The van der Waals surface area contributed by atoms with Crippen molar-refractivity contribution < 1.29 is 13.2 Å². The molecule has 0 aromatic heterocycles. The average molecular weight is 344 g/mol. The smallest absolute Gasteiger partial charge is 0.214 e. The van der Waals surface area contributed by atoms with Crippen LogP contribution in [0.15, 0.2) is 24.3 Å². The highest BCUT2D eigenvalue weighted by Gasteiger charge is 2.33. The van der Waals surface area contributed by atoms with Crippen molar-refractivity contribution in [2.75, 3.05) is 25.5 Å². The van der Waals surface area contributed by atoms with Crippen molar-refractivity contribution in [1.82, 2.24) is 4.31 Å². The molecule has 1 aromatic carbocycles. The number of halogens is 1. The summed E-state index contributed by atoms with van der Waals surface area (Å²) in [6.45, 7) is 2.21. The molecule has 1 saturated carbocycles. The van der Waals surface area contributed by atoms with Crippen molar-refractivity contribution in [3.63, 3.8) is 0 Å². The van der Waals surface area contributed by atoms with Gasteiger partial charge < -0.3 is 4.74 Å². The Bertz CT molecular complexity index is 610. The topological polar surface area (TPSA) is 46.6 Å². The van der Waals surface area contributed by atoms with Crippen LogP contribution in [0.3, 0.4) is 0 Å². The fourth-order valence-electron chi connectivity index (χ4n) is 2.80. The van der Waals surface area contributed by atoms with E-state index in [2.05, 4.69) is 0 Å². The van der Waals surface area contributed by atoms with E-state index in [0.29, 0.717) is 37.2 Å². The zero-order valence-electron chi connectivity index (χ0n) is 12.6. The SMILES string of the molecule is O=S(=O)(CC1CCOC1)N(Cc1ccccc1Cl)CC1CC1. The Labute approximate surface area is 137 Å². The lowest BCUT2D eigenvalue weighted by atomic mass is 10.2. The van der Waals surface area contributed by atoms with Gasteiger partial charge >= 0.3 is 0 Å². The highest BCUT2D eigenvalue weighted by molar-refractivity contribution is 7.89. The summed E-state index contributed by atoms with van der Waals surface area (Å²) in [6.07, 6.45) is 3.09. The molecule has 22 heavy (non-hydrogen) atoms. The maximum absolute atomic E-state index is 12.8. The summed E-state index contributed by atoms with van der Waals surface area (Å²) < 4.78 is 32.5. The van der Waals surface area contributed by atoms with Crippen molar-refractivity contribution in [1.29, 1.82) is 0 Å². The predicted octanol–water partition coefficient (Wildman–Crippen LogP) is 2.92. The molecule has 0 N–H and O–H groups in total. The van der Waals surface area contributed by atoms with Crippen LogP contribution in [0, 0.1) is 11.8 Å². The van der Waals surface area contributed by atoms with Crippen LogP contribution in [0.5, 0.6) is 0 Å². The van der Waals surface area contributed by atoms with E-state index >= 15 is 0 Å². The molecule has 6 heteroatoms. The molecular weight excluding hydrogens is 322 g/mol. The van der Waals surface area contributed by atoms with Crippen LogP contribution < -0.4 is 0 Å². The second-order valence-corrected chi connectivity index (χ2v) is 8.76. The van der Waals surface area contributed by atoms with Crippen LogP contribution in [-0.2, 0) is 21.3 Å². The molecule has 4 nitrogen and oxygen atoms in total. The third-order valence-electron chi connectivity index (χ3n) is 4.33. The molecule has 1 heterocycles. The van der Waals surface area contributed by atoms with Gasteiger partial charge in [-0.15, -0.1) is 0 Å². The van der Waals surface area contributed by atoms with Gasteiger partial charge in [-0.1, -0.05) is 29.8 Å². The Morgan fingerprint density at radius 2 is 1.95 bits per heavy atom. The number of nitrogens with zero attached hydrogens (tertiary/aromatic N) is 1. The Kier molecular flexibility index (Phi) is 5.07. The van der Waals surface area contributed by atoms with Gasteiger partial charge in [0.05, 0.1) is 12.4 Å². The van der Waals surface area contributed by atoms with Crippen molar-refractivity contribution in [2.45, 2.75) is 25.8 Å². The van der Waals surface area contributed by atoms with Crippen molar-refractivity contribution in [2.24, 2.45) is 11.8 Å². The molecule has 0 radical (unpaired) electrons. The summed E-state index contributed by atoms with van der Waals surface area (Å²) in [4.78, 5) is 0. The molecule has 1 atom stereocenters. The lowest BCUT2D eigenvalue weighted by Crippen LogP contribution is -2.36. The Hall–Kier alpha value is -0.620. The second kappa shape index (κ2) is 6.87. The number of benzene rings is 1. The van der Waals surface area contributed by atoms with E-state index in [0.717, 1.165) is 24.8 Å². The molecule has 0 bridgehead atoms. The minimum atomic E-state index is -3.28. The van der Waals surface area contributed by atoms with Crippen molar-refractivity contribution >= 4 is 21.6 Å². The summed E-state index contributed by atoms with van der Waals surface area (Å²) in [7, 11) is -3.28. The summed E-state index contributed by atoms with van der Waals surface area (Å²) in [6, 6.07) is 7.47. The maximum Gasteiger partial charge on any atom is 0.214 e. The van der Waals surface area contributed by atoms with Crippen LogP contribution in [0.4, 0.5) is 0 Å². The molecule has 0 spiro atoms. The average Bonchev–Trinajstić information content (AvgIpc) is 3.15. The molecule has 0 amide bonds. The zero-order chi connectivity index (χ0) is 15.6. The van der Waals surface area contributed by atoms with Crippen LogP contribution >= 0.6 is 11.6 Å². The summed E-state index contributed by atoms with van der Waals surface area (Å²) in [5, 5.41) is 0.627. The highest BCUT2D eigenvalue weighted by atomic mass is 35.5. The van der Waals surface area contributed by atoms with Gasteiger partial charge in [-0.25, -0.2) is 8.42 Å². The molecule has 122 valence electrons. The Morgan fingerprint density at radius 3 is 2.59 bits per heavy atom. The summed E-state index contributed by atoms with van der Waals surface area (Å²) >= 11 is 6.20. The first-order chi connectivity index (χ1) is 10.5. The van der Waals surface area contributed by atoms with Crippen molar-refractivity contribution in [3.8, 4) is 0 Å². The van der Waals surface area contributed by atoms with Crippen LogP contribution in [0.1, 0.15) is 24.8 Å². The van der Waals surface area contributed by atoms with E-state index in [1.807, 2.05) is 24.3 Å². The molecule has 2 fully saturated rings. The maximum atomic E-state index is 12.8. The van der Waals surface area contributed by atoms with Crippen LogP contribution in [0.25, 0.3) is 0 Å². The molecule has 1 aromatic rings. The molecule has 3 rings (SSSR count). The van der Waals surface area contributed by atoms with E-state index < -0.39 is 10.0 Å². The largest absolute Gasteiger partial charge is 0.381 e. The van der Waals surface area contributed by atoms with E-state index in [1.165, 1.54) is 0 Å². The number of sulfonamides is 1. The Balaban J connectivity index is 1.74. The van der Waals surface area contributed by atoms with E-state index in [4.69, 9.17) is 16.3 Å². The highest BCUT2D eigenvalue weighted by Crippen LogP contribution is 2.32.